The third-order valence-electron chi connectivity index (χ3n) is 8.99. The third kappa shape index (κ3) is 6.16. The lowest BCUT2D eigenvalue weighted by Gasteiger charge is -2.43. The highest BCUT2D eigenvalue weighted by Gasteiger charge is 2.42. The van der Waals surface area contributed by atoms with Crippen LogP contribution < -0.4 is 4.90 Å². The van der Waals surface area contributed by atoms with Crippen LogP contribution in [0.4, 0.5) is 14.5 Å². The Labute approximate surface area is 256 Å². The first-order valence-corrected chi connectivity index (χ1v) is 16.5. The van der Waals surface area contributed by atoms with E-state index < -0.39 is 15.8 Å². The molecule has 3 aromatic carbocycles. The maximum Gasteiger partial charge on any atom is 0.255 e. The highest BCUT2D eigenvalue weighted by atomic mass is 35.5. The second-order valence-electron chi connectivity index (χ2n) is 11.7. The maximum atomic E-state index is 13.7. The lowest BCUT2D eigenvalue weighted by Crippen LogP contribution is -2.55. The molecule has 0 aliphatic carbocycles. The van der Waals surface area contributed by atoms with Crippen LogP contribution in [0.15, 0.2) is 65.6 Å². The Morgan fingerprint density at radius 1 is 0.884 bits per heavy atom. The molecule has 2 bridgehead atoms. The monoisotopic (exact) mass is 628 g/mol. The summed E-state index contributed by atoms with van der Waals surface area (Å²) in [7, 11) is -3.69. The van der Waals surface area contributed by atoms with Gasteiger partial charge in [-0.05, 0) is 79.8 Å². The fourth-order valence-corrected chi connectivity index (χ4v) is 8.29. The first kappa shape index (κ1) is 30.0. The molecule has 43 heavy (non-hydrogen) atoms. The number of likely N-dealkylation sites (tertiary alicyclic amines) is 1. The molecule has 228 valence electrons. The molecule has 3 fully saturated rings. The fraction of sp³-hybridized carbons (Fsp3) is 0.406. The number of piperazine rings is 2. The summed E-state index contributed by atoms with van der Waals surface area (Å²) in [4.78, 5) is 19.9. The zero-order valence-electron chi connectivity index (χ0n) is 24.1. The van der Waals surface area contributed by atoms with Crippen molar-refractivity contribution in [1.82, 2.24) is 14.1 Å². The van der Waals surface area contributed by atoms with Crippen molar-refractivity contribution in [3.63, 3.8) is 0 Å². The van der Waals surface area contributed by atoms with Crippen molar-refractivity contribution in [2.24, 2.45) is 0 Å². The molecule has 0 saturated carbocycles. The number of hydrogen-bond donors (Lipinski definition) is 0. The molecule has 11 heteroatoms. The summed E-state index contributed by atoms with van der Waals surface area (Å²) >= 11 is 6.18. The van der Waals surface area contributed by atoms with Crippen LogP contribution in [0.1, 0.15) is 34.3 Å². The quantitative estimate of drug-likeness (QED) is 0.370. The minimum atomic E-state index is -3.69. The van der Waals surface area contributed by atoms with Gasteiger partial charge in [0, 0.05) is 63.6 Å². The molecule has 7 nitrogen and oxygen atoms in total. The zero-order valence-corrected chi connectivity index (χ0v) is 25.6. The normalized spacial score (nSPS) is 21.4. The van der Waals surface area contributed by atoms with Gasteiger partial charge in [-0.2, -0.15) is 4.31 Å². The van der Waals surface area contributed by atoms with Gasteiger partial charge in [0.2, 0.25) is 10.0 Å². The van der Waals surface area contributed by atoms with E-state index in [2.05, 4.69) is 9.80 Å². The van der Waals surface area contributed by atoms with Crippen LogP contribution >= 0.6 is 11.6 Å². The number of amides is 1. The number of anilines is 1. The zero-order chi connectivity index (χ0) is 30.3. The average Bonchev–Trinajstić information content (AvgIpc) is 3.24. The van der Waals surface area contributed by atoms with Gasteiger partial charge >= 0.3 is 0 Å². The Morgan fingerprint density at radius 3 is 2.19 bits per heavy atom. The number of fused-ring (bicyclic) bond motifs is 2. The van der Waals surface area contributed by atoms with Gasteiger partial charge < -0.3 is 14.7 Å². The van der Waals surface area contributed by atoms with Crippen molar-refractivity contribution in [2.45, 2.75) is 43.2 Å². The Kier molecular flexibility index (Phi) is 8.48. The first-order valence-electron chi connectivity index (χ1n) is 14.7. The van der Waals surface area contributed by atoms with Gasteiger partial charge in [-0.15, -0.1) is 0 Å². The molecular weight excluding hydrogens is 594 g/mol. The highest BCUT2D eigenvalue weighted by Crippen LogP contribution is 2.38. The van der Waals surface area contributed by atoms with Crippen LogP contribution in [0.3, 0.4) is 0 Å². The number of aryl methyl sites for hydroxylation is 1. The Morgan fingerprint density at radius 2 is 1.53 bits per heavy atom. The lowest BCUT2D eigenvalue weighted by molar-refractivity contribution is 0.0718. The van der Waals surface area contributed by atoms with Crippen molar-refractivity contribution >= 4 is 33.2 Å². The molecule has 2 unspecified atom stereocenters. The molecule has 3 aliphatic rings. The van der Waals surface area contributed by atoms with Crippen molar-refractivity contribution < 1.29 is 22.0 Å². The van der Waals surface area contributed by atoms with Crippen molar-refractivity contribution in [3.8, 4) is 0 Å². The summed E-state index contributed by atoms with van der Waals surface area (Å²) in [6.07, 6.45) is 2.57. The minimum Gasteiger partial charge on any atom is -0.362 e. The SMILES string of the molecule is Cc1ccc(S(=O)(=O)N2CCN(CCc3ccc(F)cc3)CC2)cc1N1C2CCC1CN(C(=O)c1ccc(F)cc1Cl)C2. The van der Waals surface area contributed by atoms with E-state index in [0.717, 1.165) is 48.7 Å². The molecular formula is C32H35ClF2N4O3S. The van der Waals surface area contributed by atoms with Gasteiger partial charge in [0.1, 0.15) is 11.6 Å². The van der Waals surface area contributed by atoms with E-state index in [1.165, 1.54) is 24.3 Å². The molecule has 0 aromatic heterocycles. The van der Waals surface area contributed by atoms with Gasteiger partial charge in [0.05, 0.1) is 15.5 Å². The predicted octanol–water partition coefficient (Wildman–Crippen LogP) is 4.97. The average molecular weight is 629 g/mol. The topological polar surface area (TPSA) is 64.2 Å². The largest absolute Gasteiger partial charge is 0.362 e. The van der Waals surface area contributed by atoms with Crippen molar-refractivity contribution in [2.75, 3.05) is 50.7 Å². The predicted molar refractivity (Wildman–Crippen MR) is 163 cm³/mol. The number of sulfonamides is 1. The molecule has 3 saturated heterocycles. The standard InChI is InChI=1S/C32H35ClF2N4O3S/c1-22-2-10-28(43(41,42)38-16-14-36(15-17-38)13-12-23-3-5-24(34)6-4-23)19-31(22)39-26-8-9-27(39)21-37(20-26)32(40)29-11-7-25(35)18-30(29)33/h2-7,10-11,18-19,26-27H,8-9,12-17,20-21H2,1H3. The molecule has 6 rings (SSSR count). The lowest BCUT2D eigenvalue weighted by atomic mass is 10.1. The van der Waals surface area contributed by atoms with Gasteiger partial charge in [-0.1, -0.05) is 29.8 Å². The second-order valence-corrected chi connectivity index (χ2v) is 14.0. The molecule has 1 amide bonds. The van der Waals surface area contributed by atoms with E-state index in [1.807, 2.05) is 13.0 Å². The summed E-state index contributed by atoms with van der Waals surface area (Å²) < 4.78 is 55.8. The van der Waals surface area contributed by atoms with Crippen LogP contribution in [0.25, 0.3) is 0 Å². The molecule has 3 aromatic rings. The van der Waals surface area contributed by atoms with Crippen LogP contribution in [-0.4, -0.2) is 86.3 Å². The summed E-state index contributed by atoms with van der Waals surface area (Å²) in [5.74, 6) is -0.953. The number of rotatable bonds is 7. The molecule has 0 radical (unpaired) electrons. The number of halogens is 3. The van der Waals surface area contributed by atoms with Crippen molar-refractivity contribution in [1.29, 1.82) is 0 Å². The molecule has 0 N–H and O–H groups in total. The third-order valence-corrected chi connectivity index (χ3v) is 11.2. The smallest absolute Gasteiger partial charge is 0.255 e. The fourth-order valence-electron chi connectivity index (χ4n) is 6.60. The number of carbonyl (C=O) groups excluding carboxylic acids is 1. The van der Waals surface area contributed by atoms with Gasteiger partial charge in [0.15, 0.2) is 0 Å². The number of benzene rings is 3. The molecule has 0 spiro atoms. The Bertz CT molecular complexity index is 1600. The number of nitrogens with zero attached hydrogens (tertiary/aromatic N) is 4. The maximum absolute atomic E-state index is 13.7. The second kappa shape index (κ2) is 12.1. The van der Waals surface area contributed by atoms with Crippen LogP contribution in [0.2, 0.25) is 5.02 Å². The summed E-state index contributed by atoms with van der Waals surface area (Å²) in [6, 6.07) is 15.8. The number of hydrogen-bond acceptors (Lipinski definition) is 5. The van der Waals surface area contributed by atoms with E-state index in [4.69, 9.17) is 11.6 Å². The summed E-state index contributed by atoms with van der Waals surface area (Å²) in [5.41, 5.74) is 3.22. The van der Waals surface area contributed by atoms with Gasteiger partial charge in [-0.25, -0.2) is 17.2 Å². The summed E-state index contributed by atoms with van der Waals surface area (Å²) in [6.45, 7) is 5.84. The van der Waals surface area contributed by atoms with E-state index >= 15 is 0 Å². The van der Waals surface area contributed by atoms with E-state index in [-0.39, 0.29) is 39.3 Å². The van der Waals surface area contributed by atoms with E-state index in [0.29, 0.717) is 39.3 Å². The van der Waals surface area contributed by atoms with E-state index in [9.17, 15) is 22.0 Å². The highest BCUT2D eigenvalue weighted by molar-refractivity contribution is 7.89. The van der Waals surface area contributed by atoms with Gasteiger partial charge in [0.25, 0.3) is 5.91 Å². The van der Waals surface area contributed by atoms with E-state index in [1.54, 1.807) is 33.5 Å². The van der Waals surface area contributed by atoms with Crippen LogP contribution in [0, 0.1) is 18.6 Å². The Balaban J connectivity index is 1.12. The van der Waals surface area contributed by atoms with Crippen LogP contribution in [0.5, 0.6) is 0 Å². The first-order chi connectivity index (χ1) is 20.6. The Hall–Kier alpha value is -3.05. The minimum absolute atomic E-state index is 0.0447. The molecule has 3 heterocycles. The summed E-state index contributed by atoms with van der Waals surface area (Å²) in [5, 5.41) is 0.0993. The van der Waals surface area contributed by atoms with Gasteiger partial charge in [-0.3, -0.25) is 4.79 Å². The van der Waals surface area contributed by atoms with Crippen LogP contribution in [-0.2, 0) is 16.4 Å². The molecule has 3 aliphatic heterocycles. The number of carbonyl (C=O) groups is 1. The molecule has 2 atom stereocenters. The van der Waals surface area contributed by atoms with Crippen molar-refractivity contribution in [3.05, 3.63) is 94.0 Å².